The molecule has 1 aliphatic carbocycles. The summed E-state index contributed by atoms with van der Waals surface area (Å²) in [6, 6.07) is 0.327. The van der Waals surface area contributed by atoms with Crippen molar-refractivity contribution in [2.75, 3.05) is 13.1 Å². The van der Waals surface area contributed by atoms with Crippen molar-refractivity contribution in [3.8, 4) is 0 Å². The summed E-state index contributed by atoms with van der Waals surface area (Å²) in [4.78, 5) is 14.3. The summed E-state index contributed by atoms with van der Waals surface area (Å²) in [6.07, 6.45) is 10.9. The van der Waals surface area contributed by atoms with E-state index in [0.717, 1.165) is 25.8 Å². The van der Waals surface area contributed by atoms with Gasteiger partial charge in [0.2, 0.25) is 5.91 Å². The molecule has 1 unspecified atom stereocenters. The highest BCUT2D eigenvalue weighted by molar-refractivity contribution is 5.77. The highest BCUT2D eigenvalue weighted by atomic mass is 16.2. The zero-order valence-corrected chi connectivity index (χ0v) is 10.9. The molecular weight excluding hydrogens is 212 g/mol. The Morgan fingerprint density at radius 3 is 2.41 bits per heavy atom. The Morgan fingerprint density at radius 2 is 1.76 bits per heavy atom. The van der Waals surface area contributed by atoms with E-state index in [4.69, 9.17) is 5.73 Å². The molecular formula is C14H26N2O. The fourth-order valence-electron chi connectivity index (χ4n) is 3.34. The smallest absolute Gasteiger partial charge is 0.223 e. The largest absolute Gasteiger partial charge is 0.338 e. The molecule has 0 aromatic carbocycles. The van der Waals surface area contributed by atoms with Crippen LogP contribution in [0, 0.1) is 5.92 Å². The number of likely N-dealkylation sites (tertiary alicyclic amines) is 1. The summed E-state index contributed by atoms with van der Waals surface area (Å²) in [6.45, 7) is 1.57. The van der Waals surface area contributed by atoms with Crippen molar-refractivity contribution in [1.29, 1.82) is 0 Å². The van der Waals surface area contributed by atoms with Crippen LogP contribution < -0.4 is 5.73 Å². The van der Waals surface area contributed by atoms with Gasteiger partial charge in [-0.2, -0.15) is 0 Å². The fraction of sp³-hybridized carbons (Fsp3) is 0.929. The minimum Gasteiger partial charge on any atom is -0.338 e. The summed E-state index contributed by atoms with van der Waals surface area (Å²) in [5.74, 6) is 1.01. The van der Waals surface area contributed by atoms with Crippen molar-refractivity contribution in [1.82, 2.24) is 4.90 Å². The highest BCUT2D eigenvalue weighted by Crippen LogP contribution is 2.27. The number of hydrogen-bond donors (Lipinski definition) is 1. The summed E-state index contributed by atoms with van der Waals surface area (Å²) in [5.41, 5.74) is 5.73. The minimum absolute atomic E-state index is 0.327. The minimum atomic E-state index is 0.327. The third-order valence-corrected chi connectivity index (χ3v) is 4.41. The van der Waals surface area contributed by atoms with Crippen LogP contribution in [-0.4, -0.2) is 29.9 Å². The lowest BCUT2D eigenvalue weighted by Crippen LogP contribution is -2.40. The van der Waals surface area contributed by atoms with Gasteiger partial charge in [-0.25, -0.2) is 0 Å². The van der Waals surface area contributed by atoms with Gasteiger partial charge in [0, 0.05) is 25.6 Å². The van der Waals surface area contributed by atoms with E-state index >= 15 is 0 Å². The molecule has 2 aliphatic rings. The quantitative estimate of drug-likeness (QED) is 0.767. The number of nitrogens with two attached hydrogens (primary N) is 1. The normalized spacial score (nSPS) is 27.1. The molecule has 0 aromatic heterocycles. The zero-order valence-electron chi connectivity index (χ0n) is 10.9. The number of rotatable bonds is 3. The Morgan fingerprint density at radius 1 is 1.06 bits per heavy atom. The van der Waals surface area contributed by atoms with Gasteiger partial charge in [0.05, 0.1) is 0 Å². The van der Waals surface area contributed by atoms with Gasteiger partial charge in [-0.1, -0.05) is 25.7 Å². The van der Waals surface area contributed by atoms with Crippen LogP contribution >= 0.6 is 0 Å². The molecule has 1 saturated heterocycles. The second kappa shape index (κ2) is 6.39. The van der Waals surface area contributed by atoms with Gasteiger partial charge in [-0.05, 0) is 31.6 Å². The van der Waals surface area contributed by atoms with Crippen LogP contribution in [0.25, 0.3) is 0 Å². The van der Waals surface area contributed by atoms with Crippen molar-refractivity contribution in [3.05, 3.63) is 0 Å². The fourth-order valence-corrected chi connectivity index (χ4v) is 3.34. The number of hydrogen-bond acceptors (Lipinski definition) is 2. The van der Waals surface area contributed by atoms with Gasteiger partial charge in [0.25, 0.3) is 0 Å². The van der Waals surface area contributed by atoms with Crippen LogP contribution in [0.1, 0.15) is 57.8 Å². The van der Waals surface area contributed by atoms with Crippen LogP contribution in [0.15, 0.2) is 0 Å². The van der Waals surface area contributed by atoms with Crippen LogP contribution in [0.5, 0.6) is 0 Å². The van der Waals surface area contributed by atoms with Gasteiger partial charge in [-0.15, -0.1) is 0 Å². The average molecular weight is 238 g/mol. The molecule has 3 heteroatoms. The van der Waals surface area contributed by atoms with E-state index in [1.54, 1.807) is 0 Å². The molecule has 17 heavy (non-hydrogen) atoms. The predicted octanol–water partition coefficient (Wildman–Crippen LogP) is 2.30. The third kappa shape index (κ3) is 3.44. The van der Waals surface area contributed by atoms with Gasteiger partial charge in [0.1, 0.15) is 0 Å². The summed E-state index contributed by atoms with van der Waals surface area (Å²) in [7, 11) is 0. The molecule has 1 amide bonds. The van der Waals surface area contributed by atoms with Crippen molar-refractivity contribution in [3.63, 3.8) is 0 Å². The predicted molar refractivity (Wildman–Crippen MR) is 69.6 cm³/mol. The molecule has 3 nitrogen and oxygen atoms in total. The number of carbonyl (C=O) groups is 1. The summed E-state index contributed by atoms with van der Waals surface area (Å²) >= 11 is 0. The maximum absolute atomic E-state index is 12.3. The van der Waals surface area contributed by atoms with E-state index < -0.39 is 0 Å². The molecule has 0 spiro atoms. The second-order valence-electron chi connectivity index (χ2n) is 5.68. The van der Waals surface area contributed by atoms with Crippen molar-refractivity contribution in [2.45, 2.75) is 63.8 Å². The first-order valence-electron chi connectivity index (χ1n) is 7.31. The van der Waals surface area contributed by atoms with E-state index in [-0.39, 0.29) is 0 Å². The molecule has 1 aliphatic heterocycles. The van der Waals surface area contributed by atoms with Crippen LogP contribution in [0.2, 0.25) is 0 Å². The standard InChI is InChI=1S/C14H26N2O/c15-11-13-8-5-9-16(13)14(17)10-12-6-3-1-2-4-7-12/h12-13H,1-11,15H2. The molecule has 2 rings (SSSR count). The topological polar surface area (TPSA) is 46.3 Å². The second-order valence-corrected chi connectivity index (χ2v) is 5.68. The first-order chi connectivity index (χ1) is 8.31. The molecule has 98 valence electrons. The Labute approximate surface area is 105 Å². The number of nitrogens with zero attached hydrogens (tertiary/aromatic N) is 1. The SMILES string of the molecule is NCC1CCCN1C(=O)CC1CCCCCC1. The highest BCUT2D eigenvalue weighted by Gasteiger charge is 2.28. The molecule has 2 fully saturated rings. The van der Waals surface area contributed by atoms with Gasteiger partial charge >= 0.3 is 0 Å². The van der Waals surface area contributed by atoms with Crippen molar-refractivity contribution < 1.29 is 4.79 Å². The van der Waals surface area contributed by atoms with E-state index in [9.17, 15) is 4.79 Å². The lowest BCUT2D eigenvalue weighted by atomic mass is 9.96. The third-order valence-electron chi connectivity index (χ3n) is 4.41. The Bertz CT molecular complexity index is 247. The molecule has 0 aromatic rings. The Hall–Kier alpha value is -0.570. The molecule has 2 N–H and O–H groups in total. The maximum Gasteiger partial charge on any atom is 0.223 e. The van der Waals surface area contributed by atoms with Gasteiger partial charge in [0.15, 0.2) is 0 Å². The lowest BCUT2D eigenvalue weighted by molar-refractivity contribution is -0.133. The van der Waals surface area contributed by atoms with Crippen LogP contribution in [0.4, 0.5) is 0 Å². The molecule has 0 radical (unpaired) electrons. The van der Waals surface area contributed by atoms with E-state index in [1.807, 2.05) is 4.90 Å². The summed E-state index contributed by atoms with van der Waals surface area (Å²) < 4.78 is 0. The van der Waals surface area contributed by atoms with Crippen molar-refractivity contribution in [2.24, 2.45) is 11.7 Å². The van der Waals surface area contributed by atoms with Crippen LogP contribution in [-0.2, 0) is 4.79 Å². The Kier molecular flexibility index (Phi) is 4.84. The molecule has 1 heterocycles. The van der Waals surface area contributed by atoms with Crippen LogP contribution in [0.3, 0.4) is 0 Å². The molecule has 1 atom stereocenters. The van der Waals surface area contributed by atoms with E-state index in [2.05, 4.69) is 0 Å². The summed E-state index contributed by atoms with van der Waals surface area (Å²) in [5, 5.41) is 0. The van der Waals surface area contributed by atoms with Gasteiger partial charge in [-0.3, -0.25) is 4.79 Å². The number of amides is 1. The van der Waals surface area contributed by atoms with E-state index in [1.165, 1.54) is 38.5 Å². The zero-order chi connectivity index (χ0) is 12.1. The Balaban J connectivity index is 1.82. The maximum atomic E-state index is 12.3. The molecule has 0 bridgehead atoms. The first kappa shape index (κ1) is 12.9. The lowest BCUT2D eigenvalue weighted by Gasteiger charge is -2.25. The first-order valence-corrected chi connectivity index (χ1v) is 7.31. The molecule has 1 saturated carbocycles. The van der Waals surface area contributed by atoms with Crippen molar-refractivity contribution >= 4 is 5.91 Å². The van der Waals surface area contributed by atoms with Gasteiger partial charge < -0.3 is 10.6 Å². The average Bonchev–Trinajstić information content (AvgIpc) is 2.68. The monoisotopic (exact) mass is 238 g/mol. The number of carbonyl (C=O) groups excluding carboxylic acids is 1. The van der Waals surface area contributed by atoms with E-state index in [0.29, 0.717) is 24.4 Å².